The maximum Gasteiger partial charge on any atom is 0.160 e. The number of fused-ring (bicyclic) bond motifs is 12. The standard InChI is InChI=1S/C106H70N8/c1-7-37-80(38-8-1)109(89-52-55-100-95(67-89)92-61-71-28-19-22-31-74(71)64-103(92)112(100)83-43-13-4-14-44-83)86-49-25-34-77(58-86)98-70-99(78-35-26-50-87(59-78)110(81-39-9-2-10-40-81)90-53-56-101-96(68-90)93-62-72-29-20-23-32-75(72)65-104(93)113(101)84-45-15-5-16-46-84)108-106(107-98)79-36-27-51-88(60-79)111(82-41-11-3-12-42-82)91-54-57-102-97(69-91)94-63-73-30-21-24-33-76(73)66-105(94)114(102)85-47-17-6-18-48-85/h1-70H. The molecule has 114 heavy (non-hydrogen) atoms. The smallest absolute Gasteiger partial charge is 0.160 e. The van der Waals surface area contributed by atoms with Gasteiger partial charge in [-0.15, -0.1) is 0 Å². The van der Waals surface area contributed by atoms with Crippen molar-refractivity contribution in [3.63, 3.8) is 0 Å². The number of benzene rings is 18. The summed E-state index contributed by atoms with van der Waals surface area (Å²) in [7, 11) is 0. The zero-order valence-corrected chi connectivity index (χ0v) is 62.0. The quantitative estimate of drug-likeness (QED) is 0.102. The summed E-state index contributed by atoms with van der Waals surface area (Å²) in [6.45, 7) is 0. The van der Waals surface area contributed by atoms with Crippen LogP contribution in [0.25, 0.3) is 149 Å². The van der Waals surface area contributed by atoms with Gasteiger partial charge in [0.25, 0.3) is 0 Å². The first-order valence-electron chi connectivity index (χ1n) is 38.8. The van der Waals surface area contributed by atoms with E-state index < -0.39 is 0 Å². The average Bonchev–Trinajstić information content (AvgIpc) is 1.57. The second kappa shape index (κ2) is 27.3. The lowest BCUT2D eigenvalue weighted by atomic mass is 10.0. The Balaban J connectivity index is 0.720. The average molecular weight is 1460 g/mol. The number of anilines is 9. The monoisotopic (exact) mass is 1450 g/mol. The highest BCUT2D eigenvalue weighted by molar-refractivity contribution is 6.18. The lowest BCUT2D eigenvalue weighted by molar-refractivity contribution is 1.17. The van der Waals surface area contributed by atoms with Gasteiger partial charge in [0, 0.05) is 117 Å². The van der Waals surface area contributed by atoms with Gasteiger partial charge in [-0.1, -0.05) is 218 Å². The Kier molecular flexibility index (Phi) is 15.7. The molecule has 8 nitrogen and oxygen atoms in total. The minimum Gasteiger partial charge on any atom is -0.310 e. The summed E-state index contributed by atoms with van der Waals surface area (Å²) < 4.78 is 7.21. The summed E-state index contributed by atoms with van der Waals surface area (Å²) in [5, 5.41) is 14.2. The first-order chi connectivity index (χ1) is 56.5. The van der Waals surface area contributed by atoms with E-state index in [0.29, 0.717) is 5.82 Å². The highest BCUT2D eigenvalue weighted by Gasteiger charge is 2.25. The summed E-state index contributed by atoms with van der Waals surface area (Å²) >= 11 is 0. The third-order valence-electron chi connectivity index (χ3n) is 22.6. The Morgan fingerprint density at radius 1 is 0.167 bits per heavy atom. The van der Waals surface area contributed by atoms with Crippen molar-refractivity contribution in [2.75, 3.05) is 14.7 Å². The molecule has 0 aliphatic rings. The number of hydrogen-bond donors (Lipinski definition) is 0. The third-order valence-corrected chi connectivity index (χ3v) is 22.6. The van der Waals surface area contributed by atoms with Gasteiger partial charge < -0.3 is 28.4 Å². The molecule has 0 N–H and O–H groups in total. The van der Waals surface area contributed by atoms with Gasteiger partial charge in [0.1, 0.15) is 0 Å². The number of para-hydroxylation sites is 6. The fourth-order valence-electron chi connectivity index (χ4n) is 17.4. The van der Waals surface area contributed by atoms with E-state index in [2.05, 4.69) is 453 Å². The molecule has 0 saturated heterocycles. The number of nitrogens with zero attached hydrogens (tertiary/aromatic N) is 8. The Labute approximate surface area is 658 Å². The van der Waals surface area contributed by atoms with Crippen LogP contribution in [0.3, 0.4) is 0 Å². The van der Waals surface area contributed by atoms with Gasteiger partial charge in [-0.2, -0.15) is 0 Å². The van der Waals surface area contributed by atoms with Gasteiger partial charge in [0.15, 0.2) is 5.82 Å². The molecular formula is C106H70N8. The molecule has 22 aromatic rings. The van der Waals surface area contributed by atoms with Gasteiger partial charge in [0.05, 0.1) is 44.5 Å². The minimum absolute atomic E-state index is 0.585. The fraction of sp³-hybridized carbons (Fsp3) is 0. The van der Waals surface area contributed by atoms with Crippen molar-refractivity contribution in [3.8, 4) is 51.0 Å². The molecule has 4 heterocycles. The van der Waals surface area contributed by atoms with Crippen LogP contribution in [0.4, 0.5) is 51.2 Å². The van der Waals surface area contributed by atoms with Crippen molar-refractivity contribution < 1.29 is 0 Å². The summed E-state index contributed by atoms with van der Waals surface area (Å²) in [6.07, 6.45) is 0. The number of rotatable bonds is 15. The molecule has 18 aromatic carbocycles. The van der Waals surface area contributed by atoms with Crippen LogP contribution < -0.4 is 14.7 Å². The van der Waals surface area contributed by atoms with Crippen molar-refractivity contribution in [3.05, 3.63) is 425 Å². The molecule has 0 bridgehead atoms. The van der Waals surface area contributed by atoms with Gasteiger partial charge >= 0.3 is 0 Å². The molecule has 8 heteroatoms. The molecule has 0 unspecified atom stereocenters. The molecule has 0 fully saturated rings. The van der Waals surface area contributed by atoms with Crippen LogP contribution in [0, 0.1) is 0 Å². The predicted octanol–water partition coefficient (Wildman–Crippen LogP) is 28.6. The Morgan fingerprint density at radius 2 is 0.412 bits per heavy atom. The van der Waals surface area contributed by atoms with Crippen molar-refractivity contribution in [1.82, 2.24) is 23.7 Å². The highest BCUT2D eigenvalue weighted by Crippen LogP contribution is 2.47. The third kappa shape index (κ3) is 11.4. The molecule has 534 valence electrons. The molecule has 0 atom stereocenters. The second-order valence-electron chi connectivity index (χ2n) is 29.4. The van der Waals surface area contributed by atoms with Crippen LogP contribution in [-0.4, -0.2) is 23.7 Å². The molecule has 0 aliphatic heterocycles. The molecule has 0 saturated carbocycles. The summed E-state index contributed by atoms with van der Waals surface area (Å²) in [5.74, 6) is 0.585. The maximum atomic E-state index is 5.74. The Morgan fingerprint density at radius 3 is 0.728 bits per heavy atom. The van der Waals surface area contributed by atoms with Gasteiger partial charge in [-0.3, -0.25) is 0 Å². The van der Waals surface area contributed by atoms with Gasteiger partial charge in [0.2, 0.25) is 0 Å². The Hall–Kier alpha value is -15.4. The summed E-state index contributed by atoms with van der Waals surface area (Å²) in [5.41, 5.74) is 23.5. The zero-order valence-electron chi connectivity index (χ0n) is 62.0. The molecule has 0 aliphatic carbocycles. The zero-order chi connectivity index (χ0) is 75.2. The summed E-state index contributed by atoms with van der Waals surface area (Å²) in [4.78, 5) is 18.6. The topological polar surface area (TPSA) is 50.3 Å². The molecule has 4 aromatic heterocycles. The van der Waals surface area contributed by atoms with Crippen molar-refractivity contribution in [1.29, 1.82) is 0 Å². The SMILES string of the molecule is c1ccc(N(c2cccc(-c3cc(-c4cccc(N(c5ccccc5)c5ccc6c(c5)c5cc7ccccc7cc5n6-c5ccccc5)c4)nc(-c4cccc(N(c5ccccc5)c5ccc6c(c5)c5cc7ccccc7cc5n6-c5ccccc5)c4)n3)c2)c2ccc3c(c2)c2cc4ccccc4cc2n3-c2ccccc2)cc1. The number of hydrogen-bond acceptors (Lipinski definition) is 5. The fourth-order valence-corrected chi connectivity index (χ4v) is 17.4. The van der Waals surface area contributed by atoms with Crippen LogP contribution in [0.5, 0.6) is 0 Å². The normalized spacial score (nSPS) is 11.7. The van der Waals surface area contributed by atoms with E-state index in [1.165, 1.54) is 48.5 Å². The van der Waals surface area contributed by atoms with E-state index in [-0.39, 0.29) is 0 Å². The second-order valence-corrected chi connectivity index (χ2v) is 29.4. The first-order valence-corrected chi connectivity index (χ1v) is 38.8. The molecule has 22 rings (SSSR count). The highest BCUT2D eigenvalue weighted by atomic mass is 15.2. The minimum atomic E-state index is 0.585. The van der Waals surface area contributed by atoms with Crippen LogP contribution in [0.2, 0.25) is 0 Å². The van der Waals surface area contributed by atoms with E-state index in [1.807, 2.05) is 0 Å². The van der Waals surface area contributed by atoms with E-state index in [4.69, 9.17) is 9.97 Å². The summed E-state index contributed by atoms with van der Waals surface area (Å²) in [6, 6.07) is 154. The van der Waals surface area contributed by atoms with E-state index in [1.54, 1.807) is 0 Å². The lowest BCUT2D eigenvalue weighted by Crippen LogP contribution is -2.10. The van der Waals surface area contributed by atoms with Crippen LogP contribution in [0.15, 0.2) is 425 Å². The predicted molar refractivity (Wildman–Crippen MR) is 478 cm³/mol. The van der Waals surface area contributed by atoms with Gasteiger partial charge in [-0.25, -0.2) is 9.97 Å². The largest absolute Gasteiger partial charge is 0.310 e. The van der Waals surface area contributed by atoms with E-state index in [9.17, 15) is 0 Å². The maximum absolute atomic E-state index is 5.74. The first kappa shape index (κ1) is 65.7. The molecule has 0 amide bonds. The molecular weight excluding hydrogens is 1390 g/mol. The number of aromatic nitrogens is 5. The van der Waals surface area contributed by atoms with E-state index in [0.717, 1.165) is 146 Å². The lowest BCUT2D eigenvalue weighted by Gasteiger charge is -2.26. The van der Waals surface area contributed by atoms with Crippen LogP contribution >= 0.6 is 0 Å². The van der Waals surface area contributed by atoms with Crippen molar-refractivity contribution in [2.24, 2.45) is 0 Å². The van der Waals surface area contributed by atoms with Crippen LogP contribution in [-0.2, 0) is 0 Å². The van der Waals surface area contributed by atoms with Crippen molar-refractivity contribution >= 4 is 149 Å². The van der Waals surface area contributed by atoms with Gasteiger partial charge in [-0.05, 0) is 239 Å². The van der Waals surface area contributed by atoms with E-state index >= 15 is 0 Å². The Bertz CT molecular complexity index is 6760. The van der Waals surface area contributed by atoms with Crippen molar-refractivity contribution in [2.45, 2.75) is 0 Å². The molecule has 0 spiro atoms. The van der Waals surface area contributed by atoms with Crippen LogP contribution in [0.1, 0.15) is 0 Å². The molecule has 0 radical (unpaired) electrons.